The second-order valence-corrected chi connectivity index (χ2v) is 5.59. The molecule has 0 saturated heterocycles. The first-order valence-corrected chi connectivity index (χ1v) is 7.30. The highest BCUT2D eigenvalue weighted by atomic mass is 16.7. The van der Waals surface area contributed by atoms with Gasteiger partial charge in [-0.2, -0.15) is 0 Å². The van der Waals surface area contributed by atoms with Crippen molar-refractivity contribution < 1.29 is 9.47 Å². The number of aryl methyl sites for hydroxylation is 2. The van der Waals surface area contributed by atoms with Crippen molar-refractivity contribution in [2.24, 2.45) is 0 Å². The molecule has 2 aromatic rings. The Morgan fingerprint density at radius 3 is 2.67 bits per heavy atom. The minimum Gasteiger partial charge on any atom is -0.454 e. The summed E-state index contributed by atoms with van der Waals surface area (Å²) in [6.07, 6.45) is 0.962. The number of nitrogens with one attached hydrogen (secondary N) is 1. The van der Waals surface area contributed by atoms with E-state index in [-0.39, 0.29) is 6.04 Å². The quantitative estimate of drug-likeness (QED) is 0.931. The lowest BCUT2D eigenvalue weighted by molar-refractivity contribution is 0.174. The standard InChI is InChI=1S/C18H21NO2/c1-12-4-5-13(2)15(8-12)9-16(19-3)14-6-7-17-18(10-14)21-11-20-17/h4-8,10,16,19H,9,11H2,1-3H3. The molecule has 0 radical (unpaired) electrons. The molecule has 3 heteroatoms. The zero-order chi connectivity index (χ0) is 14.8. The summed E-state index contributed by atoms with van der Waals surface area (Å²) in [5, 5.41) is 3.41. The average molecular weight is 283 g/mol. The highest BCUT2D eigenvalue weighted by Crippen LogP contribution is 2.35. The molecule has 3 nitrogen and oxygen atoms in total. The van der Waals surface area contributed by atoms with E-state index < -0.39 is 0 Å². The molecule has 3 rings (SSSR count). The number of fused-ring (bicyclic) bond motifs is 1. The Labute approximate surface area is 125 Å². The smallest absolute Gasteiger partial charge is 0.231 e. The average Bonchev–Trinajstić information content (AvgIpc) is 2.95. The summed E-state index contributed by atoms with van der Waals surface area (Å²) < 4.78 is 10.9. The first-order valence-electron chi connectivity index (χ1n) is 7.30. The Morgan fingerprint density at radius 1 is 1.05 bits per heavy atom. The molecular formula is C18H21NO2. The highest BCUT2D eigenvalue weighted by Gasteiger charge is 2.18. The van der Waals surface area contributed by atoms with Crippen LogP contribution in [0.15, 0.2) is 36.4 Å². The van der Waals surface area contributed by atoms with Gasteiger partial charge in [0.1, 0.15) is 0 Å². The molecule has 0 aliphatic carbocycles. The number of likely N-dealkylation sites (N-methyl/N-ethyl adjacent to an activating group) is 1. The Hall–Kier alpha value is -2.00. The Morgan fingerprint density at radius 2 is 1.86 bits per heavy atom. The second kappa shape index (κ2) is 5.78. The third-order valence-electron chi connectivity index (χ3n) is 4.08. The van der Waals surface area contributed by atoms with Crippen LogP contribution in [0.1, 0.15) is 28.3 Å². The lowest BCUT2D eigenvalue weighted by Crippen LogP contribution is -2.19. The molecule has 2 aromatic carbocycles. The zero-order valence-corrected chi connectivity index (χ0v) is 12.8. The molecule has 1 aliphatic heterocycles. The summed E-state index contributed by atoms with van der Waals surface area (Å²) in [7, 11) is 2.00. The maximum absolute atomic E-state index is 5.48. The third-order valence-corrected chi connectivity index (χ3v) is 4.08. The first-order chi connectivity index (χ1) is 10.2. The van der Waals surface area contributed by atoms with E-state index in [9.17, 15) is 0 Å². The monoisotopic (exact) mass is 283 g/mol. The number of benzene rings is 2. The van der Waals surface area contributed by atoms with Crippen LogP contribution >= 0.6 is 0 Å². The minimum absolute atomic E-state index is 0.264. The third kappa shape index (κ3) is 2.88. The molecule has 1 atom stereocenters. The normalized spacial score (nSPS) is 14.2. The number of hydrogen-bond donors (Lipinski definition) is 1. The van der Waals surface area contributed by atoms with Crippen molar-refractivity contribution in [3.05, 3.63) is 58.7 Å². The van der Waals surface area contributed by atoms with Crippen LogP contribution in [-0.2, 0) is 6.42 Å². The molecule has 110 valence electrons. The minimum atomic E-state index is 0.264. The summed E-state index contributed by atoms with van der Waals surface area (Å²) in [5.41, 5.74) is 5.24. The van der Waals surface area contributed by atoms with E-state index in [0.717, 1.165) is 17.9 Å². The van der Waals surface area contributed by atoms with Gasteiger partial charge in [-0.05, 0) is 56.1 Å². The largest absolute Gasteiger partial charge is 0.454 e. The van der Waals surface area contributed by atoms with E-state index in [4.69, 9.17) is 9.47 Å². The van der Waals surface area contributed by atoms with E-state index in [2.05, 4.69) is 49.5 Å². The van der Waals surface area contributed by atoms with Gasteiger partial charge >= 0.3 is 0 Å². The van der Waals surface area contributed by atoms with Crippen molar-refractivity contribution in [1.29, 1.82) is 0 Å². The molecule has 0 amide bonds. The van der Waals surface area contributed by atoms with Gasteiger partial charge in [0.25, 0.3) is 0 Å². The molecular weight excluding hydrogens is 262 g/mol. The zero-order valence-electron chi connectivity index (χ0n) is 12.8. The lowest BCUT2D eigenvalue weighted by atomic mass is 9.95. The summed E-state index contributed by atoms with van der Waals surface area (Å²) in [4.78, 5) is 0. The fourth-order valence-corrected chi connectivity index (χ4v) is 2.76. The van der Waals surface area contributed by atoms with Gasteiger partial charge in [-0.1, -0.05) is 29.8 Å². The van der Waals surface area contributed by atoms with Gasteiger partial charge in [0, 0.05) is 6.04 Å². The summed E-state index contributed by atoms with van der Waals surface area (Å²) in [6.45, 7) is 4.62. The van der Waals surface area contributed by atoms with Crippen molar-refractivity contribution in [2.45, 2.75) is 26.3 Å². The van der Waals surface area contributed by atoms with Crippen LogP contribution in [0.2, 0.25) is 0 Å². The molecule has 1 unspecified atom stereocenters. The van der Waals surface area contributed by atoms with Crippen LogP contribution in [-0.4, -0.2) is 13.8 Å². The number of ether oxygens (including phenoxy) is 2. The van der Waals surface area contributed by atoms with Gasteiger partial charge in [0.2, 0.25) is 6.79 Å². The Bertz CT molecular complexity index is 652. The molecule has 1 N–H and O–H groups in total. The van der Waals surface area contributed by atoms with Gasteiger partial charge < -0.3 is 14.8 Å². The van der Waals surface area contributed by atoms with E-state index in [1.165, 1.54) is 22.3 Å². The van der Waals surface area contributed by atoms with E-state index >= 15 is 0 Å². The molecule has 1 heterocycles. The van der Waals surface area contributed by atoms with Crippen LogP contribution in [0.25, 0.3) is 0 Å². The van der Waals surface area contributed by atoms with E-state index in [1.54, 1.807) is 0 Å². The molecule has 21 heavy (non-hydrogen) atoms. The van der Waals surface area contributed by atoms with Gasteiger partial charge in [0.05, 0.1) is 0 Å². The molecule has 0 bridgehead atoms. The lowest BCUT2D eigenvalue weighted by Gasteiger charge is -2.19. The summed E-state index contributed by atoms with van der Waals surface area (Å²) in [5.74, 6) is 1.68. The van der Waals surface area contributed by atoms with Crippen LogP contribution < -0.4 is 14.8 Å². The van der Waals surface area contributed by atoms with Crippen molar-refractivity contribution in [2.75, 3.05) is 13.8 Å². The molecule has 0 spiro atoms. The SMILES string of the molecule is CNC(Cc1cc(C)ccc1C)c1ccc2c(c1)OCO2. The fourth-order valence-electron chi connectivity index (χ4n) is 2.76. The van der Waals surface area contributed by atoms with Crippen LogP contribution in [0.5, 0.6) is 11.5 Å². The first kappa shape index (κ1) is 14.0. The van der Waals surface area contributed by atoms with Crippen LogP contribution in [0.4, 0.5) is 0 Å². The predicted molar refractivity (Wildman–Crippen MR) is 84.0 cm³/mol. The van der Waals surface area contributed by atoms with Gasteiger partial charge in [-0.3, -0.25) is 0 Å². The number of rotatable bonds is 4. The maximum atomic E-state index is 5.48. The van der Waals surface area contributed by atoms with E-state index in [0.29, 0.717) is 6.79 Å². The van der Waals surface area contributed by atoms with Gasteiger partial charge in [-0.25, -0.2) is 0 Å². The fraction of sp³-hybridized carbons (Fsp3) is 0.333. The van der Waals surface area contributed by atoms with Gasteiger partial charge in [0.15, 0.2) is 11.5 Å². The van der Waals surface area contributed by atoms with E-state index in [1.807, 2.05) is 13.1 Å². The number of hydrogen-bond acceptors (Lipinski definition) is 3. The Balaban J connectivity index is 1.86. The van der Waals surface area contributed by atoms with Gasteiger partial charge in [-0.15, -0.1) is 0 Å². The predicted octanol–water partition coefficient (Wildman–Crippen LogP) is 3.54. The molecule has 0 fully saturated rings. The molecule has 1 aliphatic rings. The molecule has 0 saturated carbocycles. The summed E-state index contributed by atoms with van der Waals surface area (Å²) in [6, 6.07) is 13.1. The molecule has 0 aromatic heterocycles. The van der Waals surface area contributed by atoms with Crippen molar-refractivity contribution >= 4 is 0 Å². The van der Waals surface area contributed by atoms with Crippen molar-refractivity contribution in [1.82, 2.24) is 5.32 Å². The summed E-state index contributed by atoms with van der Waals surface area (Å²) >= 11 is 0. The maximum Gasteiger partial charge on any atom is 0.231 e. The van der Waals surface area contributed by atoms with Crippen molar-refractivity contribution in [3.63, 3.8) is 0 Å². The topological polar surface area (TPSA) is 30.5 Å². The Kier molecular flexibility index (Phi) is 3.84. The van der Waals surface area contributed by atoms with Crippen molar-refractivity contribution in [3.8, 4) is 11.5 Å². The van der Waals surface area contributed by atoms with Crippen LogP contribution in [0, 0.1) is 13.8 Å². The highest BCUT2D eigenvalue weighted by molar-refractivity contribution is 5.45. The second-order valence-electron chi connectivity index (χ2n) is 5.59. The van der Waals surface area contributed by atoms with Crippen LogP contribution in [0.3, 0.4) is 0 Å².